The van der Waals surface area contributed by atoms with Crippen molar-refractivity contribution < 1.29 is 13.2 Å². The first-order valence-electron chi connectivity index (χ1n) is 5.12. The van der Waals surface area contributed by atoms with Crippen LogP contribution in [0, 0.1) is 5.82 Å². The molecule has 92 valence electrons. The molecule has 1 saturated heterocycles. The summed E-state index contributed by atoms with van der Waals surface area (Å²) in [7, 11) is 0. The van der Waals surface area contributed by atoms with Gasteiger partial charge in [-0.25, -0.2) is 13.2 Å². The maximum absolute atomic E-state index is 13.6. The largest absolute Gasteiger partial charge is 0.399 e. The first kappa shape index (κ1) is 12.2. The van der Waals surface area contributed by atoms with Gasteiger partial charge in [-0.2, -0.15) is 0 Å². The standard InChI is InChI=1S/C11H11F3N2S/c12-8-2-1-7(15)5-9(8)16-6-11(13,14)4-3-10(16)17/h1-2,5H,3-4,6,15H2. The van der Waals surface area contributed by atoms with Crippen LogP contribution in [0.25, 0.3) is 0 Å². The number of nitrogens with two attached hydrogens (primary N) is 1. The summed E-state index contributed by atoms with van der Waals surface area (Å²) in [6.07, 6.45) is -0.206. The Morgan fingerprint density at radius 1 is 1.35 bits per heavy atom. The van der Waals surface area contributed by atoms with E-state index >= 15 is 0 Å². The fourth-order valence-corrected chi connectivity index (χ4v) is 2.04. The van der Waals surface area contributed by atoms with Gasteiger partial charge < -0.3 is 10.6 Å². The number of piperidine rings is 1. The molecular weight excluding hydrogens is 249 g/mol. The van der Waals surface area contributed by atoms with Crippen LogP contribution in [0.4, 0.5) is 24.5 Å². The van der Waals surface area contributed by atoms with Crippen LogP contribution in [0.5, 0.6) is 0 Å². The Morgan fingerprint density at radius 2 is 2.06 bits per heavy atom. The van der Waals surface area contributed by atoms with E-state index in [1.54, 1.807) is 0 Å². The second-order valence-corrected chi connectivity index (χ2v) is 4.52. The number of nitrogens with zero attached hydrogens (tertiary/aromatic N) is 1. The van der Waals surface area contributed by atoms with Gasteiger partial charge in [0.2, 0.25) is 0 Å². The van der Waals surface area contributed by atoms with Gasteiger partial charge in [-0.15, -0.1) is 0 Å². The molecule has 0 unspecified atom stereocenters. The maximum Gasteiger partial charge on any atom is 0.266 e. The Kier molecular flexibility index (Phi) is 2.99. The van der Waals surface area contributed by atoms with Crippen LogP contribution in [0.2, 0.25) is 0 Å². The van der Waals surface area contributed by atoms with Crippen molar-refractivity contribution in [3.63, 3.8) is 0 Å². The molecular formula is C11H11F3N2S. The summed E-state index contributed by atoms with van der Waals surface area (Å²) >= 11 is 5.00. The van der Waals surface area contributed by atoms with Crippen LogP contribution >= 0.6 is 12.2 Å². The molecule has 1 aromatic rings. The molecule has 0 aromatic heterocycles. The average molecular weight is 260 g/mol. The highest BCUT2D eigenvalue weighted by Crippen LogP contribution is 2.33. The third kappa shape index (κ3) is 2.52. The SMILES string of the molecule is Nc1ccc(F)c(N2CC(F)(F)CCC2=S)c1. The van der Waals surface area contributed by atoms with Crippen LogP contribution in [0.3, 0.4) is 0 Å². The van der Waals surface area contributed by atoms with E-state index < -0.39 is 18.3 Å². The third-order valence-electron chi connectivity index (χ3n) is 2.66. The number of benzene rings is 1. The molecule has 0 radical (unpaired) electrons. The number of thiocarbonyl (C=S) groups is 1. The van der Waals surface area contributed by atoms with E-state index in [0.717, 1.165) is 11.0 Å². The van der Waals surface area contributed by atoms with E-state index in [1.807, 2.05) is 0 Å². The number of halogens is 3. The summed E-state index contributed by atoms with van der Waals surface area (Å²) < 4.78 is 40.2. The summed E-state index contributed by atoms with van der Waals surface area (Å²) in [5.41, 5.74) is 5.86. The van der Waals surface area contributed by atoms with Gasteiger partial charge in [0.25, 0.3) is 5.92 Å². The zero-order valence-electron chi connectivity index (χ0n) is 8.92. The molecule has 2 rings (SSSR count). The van der Waals surface area contributed by atoms with Crippen molar-refractivity contribution in [2.45, 2.75) is 18.8 Å². The molecule has 0 aliphatic carbocycles. The molecule has 2 N–H and O–H groups in total. The van der Waals surface area contributed by atoms with E-state index in [4.69, 9.17) is 18.0 Å². The minimum absolute atomic E-state index is 0.0226. The fraction of sp³-hybridized carbons (Fsp3) is 0.364. The van der Waals surface area contributed by atoms with Crippen molar-refractivity contribution >= 4 is 28.6 Å². The molecule has 6 heteroatoms. The van der Waals surface area contributed by atoms with Gasteiger partial charge in [-0.3, -0.25) is 0 Å². The summed E-state index contributed by atoms with van der Waals surface area (Å²) in [5, 5.41) is 0. The van der Waals surface area contributed by atoms with Crippen molar-refractivity contribution in [3.05, 3.63) is 24.0 Å². The van der Waals surface area contributed by atoms with Crippen LogP contribution in [0.15, 0.2) is 18.2 Å². The molecule has 0 amide bonds. The smallest absolute Gasteiger partial charge is 0.266 e. The number of rotatable bonds is 1. The Morgan fingerprint density at radius 3 is 2.76 bits per heavy atom. The van der Waals surface area contributed by atoms with Gasteiger partial charge >= 0.3 is 0 Å². The second kappa shape index (κ2) is 4.18. The van der Waals surface area contributed by atoms with Crippen molar-refractivity contribution in [2.75, 3.05) is 17.2 Å². The number of hydrogen-bond donors (Lipinski definition) is 1. The summed E-state index contributed by atoms with van der Waals surface area (Å²) in [6, 6.07) is 3.85. The fourth-order valence-electron chi connectivity index (χ4n) is 1.78. The Balaban J connectivity index is 2.37. The minimum Gasteiger partial charge on any atom is -0.399 e. The predicted molar refractivity (Wildman–Crippen MR) is 64.9 cm³/mol. The van der Waals surface area contributed by atoms with E-state index in [1.165, 1.54) is 12.1 Å². The van der Waals surface area contributed by atoms with Gasteiger partial charge in [0.15, 0.2) is 0 Å². The van der Waals surface area contributed by atoms with E-state index in [-0.39, 0.29) is 18.5 Å². The Labute approximate surface area is 102 Å². The lowest BCUT2D eigenvalue weighted by Gasteiger charge is -2.34. The molecule has 0 spiro atoms. The second-order valence-electron chi connectivity index (χ2n) is 4.05. The molecule has 0 bridgehead atoms. The molecule has 17 heavy (non-hydrogen) atoms. The number of nitrogen functional groups attached to an aromatic ring is 1. The topological polar surface area (TPSA) is 29.3 Å². The molecule has 1 aliphatic rings. The minimum atomic E-state index is -2.85. The first-order chi connectivity index (χ1) is 7.89. The monoisotopic (exact) mass is 260 g/mol. The summed E-state index contributed by atoms with van der Waals surface area (Å²) in [5.74, 6) is -3.45. The van der Waals surface area contributed by atoms with E-state index in [9.17, 15) is 13.2 Å². The Hall–Kier alpha value is -1.30. The normalized spacial score (nSPS) is 19.5. The molecule has 2 nitrogen and oxygen atoms in total. The Bertz CT molecular complexity index is 462. The summed E-state index contributed by atoms with van der Waals surface area (Å²) in [4.78, 5) is 1.45. The molecule has 0 atom stereocenters. The number of hydrogen-bond acceptors (Lipinski definition) is 2. The van der Waals surface area contributed by atoms with Crippen LogP contribution in [-0.2, 0) is 0 Å². The number of alkyl halides is 2. The van der Waals surface area contributed by atoms with Gasteiger partial charge in [-0.1, -0.05) is 12.2 Å². The molecule has 1 aromatic carbocycles. The van der Waals surface area contributed by atoms with Gasteiger partial charge in [0, 0.05) is 18.5 Å². The average Bonchev–Trinajstić information content (AvgIpc) is 2.25. The van der Waals surface area contributed by atoms with Crippen molar-refractivity contribution in [1.82, 2.24) is 0 Å². The molecule has 1 heterocycles. The highest BCUT2D eigenvalue weighted by atomic mass is 32.1. The van der Waals surface area contributed by atoms with E-state index in [2.05, 4.69) is 0 Å². The molecule has 1 fully saturated rings. The van der Waals surface area contributed by atoms with Crippen LogP contribution in [-0.4, -0.2) is 17.5 Å². The lowest BCUT2D eigenvalue weighted by atomic mass is 10.1. The highest BCUT2D eigenvalue weighted by Gasteiger charge is 2.38. The van der Waals surface area contributed by atoms with Gasteiger partial charge in [-0.05, 0) is 18.2 Å². The van der Waals surface area contributed by atoms with Crippen LogP contribution in [0.1, 0.15) is 12.8 Å². The third-order valence-corrected chi connectivity index (χ3v) is 3.08. The summed E-state index contributed by atoms with van der Waals surface area (Å²) in [6.45, 7) is -0.591. The quantitative estimate of drug-likeness (QED) is 0.621. The lowest BCUT2D eigenvalue weighted by Crippen LogP contribution is -2.45. The maximum atomic E-state index is 13.6. The van der Waals surface area contributed by atoms with Gasteiger partial charge in [0.05, 0.1) is 17.2 Å². The van der Waals surface area contributed by atoms with Crippen molar-refractivity contribution in [3.8, 4) is 0 Å². The highest BCUT2D eigenvalue weighted by molar-refractivity contribution is 7.80. The van der Waals surface area contributed by atoms with Crippen molar-refractivity contribution in [1.29, 1.82) is 0 Å². The molecule has 1 aliphatic heterocycles. The molecule has 0 saturated carbocycles. The first-order valence-corrected chi connectivity index (χ1v) is 5.53. The number of anilines is 2. The lowest BCUT2D eigenvalue weighted by molar-refractivity contribution is -0.000125. The zero-order chi connectivity index (χ0) is 12.6. The predicted octanol–water partition coefficient (Wildman–Crippen LogP) is 2.97. The zero-order valence-corrected chi connectivity index (χ0v) is 9.74. The van der Waals surface area contributed by atoms with Gasteiger partial charge in [0.1, 0.15) is 5.82 Å². The van der Waals surface area contributed by atoms with Crippen molar-refractivity contribution in [2.24, 2.45) is 0 Å². The van der Waals surface area contributed by atoms with E-state index in [0.29, 0.717) is 10.7 Å². The van der Waals surface area contributed by atoms with Crippen LogP contribution < -0.4 is 10.6 Å².